The van der Waals surface area contributed by atoms with Crippen LogP contribution >= 0.6 is 0 Å². The summed E-state index contributed by atoms with van der Waals surface area (Å²) < 4.78 is 27.7. The van der Waals surface area contributed by atoms with E-state index in [1.54, 1.807) is 12.1 Å². The first-order valence-electron chi connectivity index (χ1n) is 8.84. The van der Waals surface area contributed by atoms with Crippen LogP contribution in [0.15, 0.2) is 30.3 Å². The summed E-state index contributed by atoms with van der Waals surface area (Å²) in [5.74, 6) is 2.70. The molecule has 1 atom stereocenters. The largest absolute Gasteiger partial charge is 0.493 e. The number of fused-ring (bicyclic) bond motifs is 2. The quantitative estimate of drug-likeness (QED) is 0.891. The summed E-state index contributed by atoms with van der Waals surface area (Å²) in [4.78, 5) is 12.8. The van der Waals surface area contributed by atoms with E-state index in [-0.39, 0.29) is 11.9 Å². The number of rotatable bonds is 4. The smallest absolute Gasteiger partial charge is 0.252 e. The number of nitrogens with one attached hydrogen (secondary N) is 1. The molecule has 0 bridgehead atoms. The zero-order chi connectivity index (χ0) is 18.8. The lowest BCUT2D eigenvalue weighted by atomic mass is 10.1. The Hall–Kier alpha value is -3.09. The van der Waals surface area contributed by atoms with E-state index in [9.17, 15) is 4.79 Å². The molecule has 27 heavy (non-hydrogen) atoms. The van der Waals surface area contributed by atoms with Gasteiger partial charge in [0.05, 0.1) is 13.2 Å². The lowest BCUT2D eigenvalue weighted by Crippen LogP contribution is -2.27. The van der Waals surface area contributed by atoms with Crippen molar-refractivity contribution in [1.29, 1.82) is 0 Å². The summed E-state index contributed by atoms with van der Waals surface area (Å²) in [6.45, 7) is 3.88. The molecule has 7 nitrogen and oxygen atoms in total. The van der Waals surface area contributed by atoms with Gasteiger partial charge in [-0.2, -0.15) is 0 Å². The minimum Gasteiger partial charge on any atom is -0.493 e. The first-order valence-corrected chi connectivity index (χ1v) is 8.84. The fourth-order valence-electron chi connectivity index (χ4n) is 3.10. The molecule has 0 radical (unpaired) electrons. The van der Waals surface area contributed by atoms with E-state index in [0.29, 0.717) is 55.0 Å². The van der Waals surface area contributed by atoms with Crippen LogP contribution in [0.3, 0.4) is 0 Å². The zero-order valence-electron chi connectivity index (χ0n) is 15.2. The van der Waals surface area contributed by atoms with Crippen LogP contribution in [0.2, 0.25) is 0 Å². The molecule has 2 aliphatic heterocycles. The second kappa shape index (κ2) is 7.26. The monoisotopic (exact) mass is 371 g/mol. The van der Waals surface area contributed by atoms with Gasteiger partial charge in [-0.1, -0.05) is 6.07 Å². The van der Waals surface area contributed by atoms with Crippen molar-refractivity contribution in [2.45, 2.75) is 13.0 Å². The maximum absolute atomic E-state index is 12.8. The summed E-state index contributed by atoms with van der Waals surface area (Å²) in [7, 11) is 1.53. The average molecular weight is 371 g/mol. The first-order chi connectivity index (χ1) is 13.2. The van der Waals surface area contributed by atoms with Gasteiger partial charge in [0.15, 0.2) is 23.0 Å². The van der Waals surface area contributed by atoms with Crippen LogP contribution in [0.4, 0.5) is 0 Å². The van der Waals surface area contributed by atoms with Crippen LogP contribution in [-0.4, -0.2) is 39.4 Å². The molecule has 1 amide bonds. The van der Waals surface area contributed by atoms with Crippen molar-refractivity contribution >= 4 is 5.91 Å². The Kier molecular flexibility index (Phi) is 4.66. The summed E-state index contributed by atoms with van der Waals surface area (Å²) in [6, 6.07) is 8.78. The standard InChI is InChI=1S/C20H21NO6/c1-12(13-3-4-15-16(9-13)25-6-5-24-15)21-20(22)14-10-17(23-2)19-18(11-14)26-7-8-27-19/h3-4,9-12H,5-8H2,1-2H3,(H,21,22)/t12-/m0/s1. The van der Waals surface area contributed by atoms with Crippen LogP contribution in [-0.2, 0) is 0 Å². The third kappa shape index (κ3) is 3.45. The number of amides is 1. The predicted molar refractivity (Wildman–Crippen MR) is 97.3 cm³/mol. The van der Waals surface area contributed by atoms with E-state index in [4.69, 9.17) is 23.7 Å². The number of ether oxygens (including phenoxy) is 5. The van der Waals surface area contributed by atoms with Crippen molar-refractivity contribution in [3.63, 3.8) is 0 Å². The molecule has 2 aromatic carbocycles. The number of benzene rings is 2. The molecule has 0 spiro atoms. The zero-order valence-corrected chi connectivity index (χ0v) is 15.2. The van der Waals surface area contributed by atoms with Crippen molar-refractivity contribution < 1.29 is 28.5 Å². The van der Waals surface area contributed by atoms with Gasteiger partial charge >= 0.3 is 0 Å². The number of hydrogen-bond acceptors (Lipinski definition) is 6. The molecule has 2 heterocycles. The molecule has 0 unspecified atom stereocenters. The second-order valence-corrected chi connectivity index (χ2v) is 6.30. The van der Waals surface area contributed by atoms with Crippen molar-refractivity contribution in [2.75, 3.05) is 33.5 Å². The molecule has 142 valence electrons. The van der Waals surface area contributed by atoms with Crippen LogP contribution in [0.5, 0.6) is 28.7 Å². The molecule has 1 N–H and O–H groups in total. The lowest BCUT2D eigenvalue weighted by Gasteiger charge is -2.22. The Balaban J connectivity index is 1.53. The molecule has 4 rings (SSSR count). The van der Waals surface area contributed by atoms with Crippen LogP contribution in [0.25, 0.3) is 0 Å². The number of methoxy groups -OCH3 is 1. The van der Waals surface area contributed by atoms with E-state index >= 15 is 0 Å². The van der Waals surface area contributed by atoms with Crippen LogP contribution in [0.1, 0.15) is 28.9 Å². The maximum Gasteiger partial charge on any atom is 0.252 e. The Morgan fingerprint density at radius 1 is 0.963 bits per heavy atom. The third-order valence-corrected chi connectivity index (χ3v) is 4.50. The fraction of sp³-hybridized carbons (Fsp3) is 0.350. The van der Waals surface area contributed by atoms with E-state index < -0.39 is 0 Å². The van der Waals surface area contributed by atoms with Crippen molar-refractivity contribution in [3.8, 4) is 28.7 Å². The Labute approximate surface area is 157 Å². The Morgan fingerprint density at radius 3 is 2.44 bits per heavy atom. The van der Waals surface area contributed by atoms with Gasteiger partial charge in [-0.3, -0.25) is 4.79 Å². The summed E-state index contributed by atoms with van der Waals surface area (Å²) in [5, 5.41) is 2.99. The fourth-order valence-corrected chi connectivity index (χ4v) is 3.10. The third-order valence-electron chi connectivity index (χ3n) is 4.50. The van der Waals surface area contributed by atoms with E-state index in [2.05, 4.69) is 5.32 Å². The molecule has 0 aromatic heterocycles. The highest BCUT2D eigenvalue weighted by molar-refractivity contribution is 5.96. The molecular weight excluding hydrogens is 350 g/mol. The van der Waals surface area contributed by atoms with Crippen LogP contribution < -0.4 is 29.0 Å². The normalized spacial score (nSPS) is 15.6. The van der Waals surface area contributed by atoms with Gasteiger partial charge < -0.3 is 29.0 Å². The van der Waals surface area contributed by atoms with Gasteiger partial charge in [-0.25, -0.2) is 0 Å². The molecular formula is C20H21NO6. The molecule has 0 fully saturated rings. The predicted octanol–water partition coefficient (Wildman–Crippen LogP) is 2.73. The molecule has 0 saturated carbocycles. The van der Waals surface area contributed by atoms with Gasteiger partial charge in [0.25, 0.3) is 5.91 Å². The van der Waals surface area contributed by atoms with E-state index in [1.807, 2.05) is 25.1 Å². The van der Waals surface area contributed by atoms with Gasteiger partial charge in [0.1, 0.15) is 26.4 Å². The summed E-state index contributed by atoms with van der Waals surface area (Å²) in [5.41, 5.74) is 1.37. The molecule has 2 aliphatic rings. The summed E-state index contributed by atoms with van der Waals surface area (Å²) in [6.07, 6.45) is 0. The molecule has 0 saturated heterocycles. The Bertz CT molecular complexity index is 849. The van der Waals surface area contributed by atoms with Gasteiger partial charge in [0, 0.05) is 5.56 Å². The Morgan fingerprint density at radius 2 is 1.67 bits per heavy atom. The minimum atomic E-state index is -0.229. The second-order valence-electron chi connectivity index (χ2n) is 6.30. The number of carbonyl (C=O) groups excluding carboxylic acids is 1. The average Bonchev–Trinajstić information content (AvgIpc) is 2.72. The minimum absolute atomic E-state index is 0.215. The molecule has 2 aromatic rings. The van der Waals surface area contributed by atoms with Gasteiger partial charge in [0.2, 0.25) is 5.75 Å². The first kappa shape index (κ1) is 17.3. The highest BCUT2D eigenvalue weighted by Gasteiger charge is 2.22. The molecule has 7 heteroatoms. The SMILES string of the molecule is COc1cc(C(=O)N[C@@H](C)c2ccc3c(c2)OCCO3)cc2c1OCCO2. The number of carbonyl (C=O) groups is 1. The number of hydrogen-bond donors (Lipinski definition) is 1. The van der Waals surface area contributed by atoms with Crippen molar-refractivity contribution in [2.24, 2.45) is 0 Å². The topological polar surface area (TPSA) is 75.3 Å². The lowest BCUT2D eigenvalue weighted by molar-refractivity contribution is 0.0937. The van der Waals surface area contributed by atoms with Crippen molar-refractivity contribution in [1.82, 2.24) is 5.32 Å². The maximum atomic E-state index is 12.8. The molecule has 0 aliphatic carbocycles. The van der Waals surface area contributed by atoms with E-state index in [1.165, 1.54) is 7.11 Å². The summed E-state index contributed by atoms with van der Waals surface area (Å²) >= 11 is 0. The highest BCUT2D eigenvalue weighted by Crippen LogP contribution is 2.40. The highest BCUT2D eigenvalue weighted by atomic mass is 16.6. The van der Waals surface area contributed by atoms with Crippen LogP contribution in [0, 0.1) is 0 Å². The van der Waals surface area contributed by atoms with Gasteiger partial charge in [-0.05, 0) is 36.8 Å². The van der Waals surface area contributed by atoms with E-state index in [0.717, 1.165) is 11.3 Å². The van der Waals surface area contributed by atoms with Gasteiger partial charge in [-0.15, -0.1) is 0 Å². The van der Waals surface area contributed by atoms with Crippen molar-refractivity contribution in [3.05, 3.63) is 41.5 Å².